The fourth-order valence-corrected chi connectivity index (χ4v) is 5.12. The van der Waals surface area contributed by atoms with Gasteiger partial charge in [0.05, 0.1) is 6.26 Å². The van der Waals surface area contributed by atoms with Crippen molar-refractivity contribution < 1.29 is 13.2 Å². The van der Waals surface area contributed by atoms with Gasteiger partial charge in [-0.2, -0.15) is 0 Å². The summed E-state index contributed by atoms with van der Waals surface area (Å²) in [5, 5.41) is 0. The summed E-state index contributed by atoms with van der Waals surface area (Å²) >= 11 is 0. The molecule has 3 atom stereocenters. The number of sulfonamides is 1. The molecular formula is C22H26N2O3S. The fraction of sp³-hybridized carbons (Fsp3) is 0.409. The van der Waals surface area contributed by atoms with Crippen LogP contribution in [-0.4, -0.2) is 44.6 Å². The zero-order chi connectivity index (χ0) is 19.7. The Morgan fingerprint density at radius 2 is 1.79 bits per heavy atom. The van der Waals surface area contributed by atoms with Gasteiger partial charge in [-0.25, -0.2) is 13.1 Å². The van der Waals surface area contributed by atoms with E-state index in [4.69, 9.17) is 0 Å². The summed E-state index contributed by atoms with van der Waals surface area (Å²) in [6.07, 6.45) is 3.65. The number of hydrogen-bond donors (Lipinski definition) is 1. The van der Waals surface area contributed by atoms with E-state index in [9.17, 15) is 13.2 Å². The molecule has 1 N–H and O–H groups in total. The Hall–Kier alpha value is -2.18. The molecule has 1 amide bonds. The molecule has 2 fully saturated rings. The lowest BCUT2D eigenvalue weighted by atomic mass is 9.95. The maximum absolute atomic E-state index is 13.1. The van der Waals surface area contributed by atoms with Crippen LogP contribution >= 0.6 is 0 Å². The van der Waals surface area contributed by atoms with Gasteiger partial charge in [0.2, 0.25) is 15.9 Å². The van der Waals surface area contributed by atoms with Crippen molar-refractivity contribution in [3.63, 3.8) is 0 Å². The largest absolute Gasteiger partial charge is 0.341 e. The highest BCUT2D eigenvalue weighted by Gasteiger charge is 2.47. The minimum Gasteiger partial charge on any atom is -0.341 e. The van der Waals surface area contributed by atoms with E-state index in [2.05, 4.69) is 29.0 Å². The number of likely N-dealkylation sites (tertiary alicyclic amines) is 1. The second kappa shape index (κ2) is 7.68. The Balaban J connectivity index is 1.47. The molecule has 1 saturated heterocycles. The number of nitrogens with zero attached hydrogens (tertiary/aromatic N) is 1. The van der Waals surface area contributed by atoms with Gasteiger partial charge in [0.1, 0.15) is 0 Å². The maximum atomic E-state index is 13.1. The first-order chi connectivity index (χ1) is 13.4. The van der Waals surface area contributed by atoms with Gasteiger partial charge >= 0.3 is 0 Å². The third-order valence-electron chi connectivity index (χ3n) is 5.67. The first-order valence-electron chi connectivity index (χ1n) is 9.83. The van der Waals surface area contributed by atoms with Gasteiger partial charge in [0.25, 0.3) is 0 Å². The average molecular weight is 399 g/mol. The van der Waals surface area contributed by atoms with Crippen LogP contribution in [0.5, 0.6) is 0 Å². The first kappa shape index (κ1) is 19.2. The monoisotopic (exact) mass is 398 g/mol. The van der Waals surface area contributed by atoms with Crippen molar-refractivity contribution in [2.24, 2.45) is 5.92 Å². The molecule has 0 radical (unpaired) electrons. The highest BCUT2D eigenvalue weighted by molar-refractivity contribution is 7.88. The number of amides is 1. The highest BCUT2D eigenvalue weighted by Crippen LogP contribution is 2.51. The van der Waals surface area contributed by atoms with Gasteiger partial charge in [-0.3, -0.25) is 4.79 Å². The summed E-state index contributed by atoms with van der Waals surface area (Å²) in [4.78, 5) is 14.9. The van der Waals surface area contributed by atoms with Crippen LogP contribution in [0.1, 0.15) is 30.7 Å². The van der Waals surface area contributed by atoms with Gasteiger partial charge in [0.15, 0.2) is 0 Å². The van der Waals surface area contributed by atoms with E-state index in [1.54, 1.807) is 0 Å². The van der Waals surface area contributed by atoms with Gasteiger partial charge in [-0.15, -0.1) is 0 Å². The van der Waals surface area contributed by atoms with Crippen molar-refractivity contribution in [1.82, 2.24) is 9.62 Å². The van der Waals surface area contributed by atoms with Crippen LogP contribution in [0.3, 0.4) is 0 Å². The molecule has 1 aliphatic carbocycles. The quantitative estimate of drug-likeness (QED) is 0.842. The summed E-state index contributed by atoms with van der Waals surface area (Å²) in [7, 11) is -3.26. The number of rotatable bonds is 5. The van der Waals surface area contributed by atoms with Gasteiger partial charge < -0.3 is 4.90 Å². The molecule has 28 heavy (non-hydrogen) atoms. The number of piperidine rings is 1. The molecule has 6 heteroatoms. The molecule has 2 aromatic rings. The Morgan fingerprint density at radius 3 is 2.54 bits per heavy atom. The molecule has 1 heterocycles. The van der Waals surface area contributed by atoms with Crippen LogP contribution < -0.4 is 4.72 Å². The van der Waals surface area contributed by atoms with Crippen molar-refractivity contribution in [3.05, 3.63) is 60.2 Å². The Bertz CT molecular complexity index is 959. The van der Waals surface area contributed by atoms with Crippen LogP contribution in [0.4, 0.5) is 0 Å². The third-order valence-corrected chi connectivity index (χ3v) is 6.43. The zero-order valence-electron chi connectivity index (χ0n) is 16.0. The fourth-order valence-electron chi connectivity index (χ4n) is 4.32. The smallest absolute Gasteiger partial charge is 0.226 e. The van der Waals surface area contributed by atoms with Crippen LogP contribution in [0.15, 0.2) is 54.6 Å². The van der Waals surface area contributed by atoms with Gasteiger partial charge in [0, 0.05) is 25.0 Å². The van der Waals surface area contributed by atoms with E-state index in [0.717, 1.165) is 19.3 Å². The summed E-state index contributed by atoms with van der Waals surface area (Å²) in [5.41, 5.74) is 3.60. The Morgan fingerprint density at radius 1 is 1.07 bits per heavy atom. The number of carbonyl (C=O) groups excluding carboxylic acids is 1. The van der Waals surface area contributed by atoms with Crippen LogP contribution in [-0.2, 0) is 14.8 Å². The predicted octanol–water partition coefficient (Wildman–Crippen LogP) is 3.00. The van der Waals surface area contributed by atoms with E-state index >= 15 is 0 Å². The van der Waals surface area contributed by atoms with Gasteiger partial charge in [-0.1, -0.05) is 54.6 Å². The molecule has 2 aliphatic rings. The van der Waals surface area contributed by atoms with Crippen molar-refractivity contribution in [2.75, 3.05) is 19.3 Å². The van der Waals surface area contributed by atoms with E-state index < -0.39 is 10.0 Å². The summed E-state index contributed by atoms with van der Waals surface area (Å²) in [6, 6.07) is 18.4. The number of carbonyl (C=O) groups is 1. The molecule has 1 saturated carbocycles. The first-order valence-corrected chi connectivity index (χ1v) is 11.7. The second-order valence-corrected chi connectivity index (χ2v) is 9.70. The average Bonchev–Trinajstić information content (AvgIpc) is 3.48. The van der Waals surface area contributed by atoms with E-state index in [0.29, 0.717) is 13.1 Å². The van der Waals surface area contributed by atoms with Crippen LogP contribution in [0, 0.1) is 5.92 Å². The topological polar surface area (TPSA) is 66.5 Å². The normalized spacial score (nSPS) is 24.8. The van der Waals surface area contributed by atoms with Crippen molar-refractivity contribution in [3.8, 4) is 11.1 Å². The van der Waals surface area contributed by atoms with Crippen molar-refractivity contribution in [2.45, 2.75) is 31.2 Å². The highest BCUT2D eigenvalue weighted by atomic mass is 32.2. The van der Waals surface area contributed by atoms with Gasteiger partial charge in [-0.05, 0) is 41.9 Å². The molecule has 2 aromatic carbocycles. The molecule has 0 bridgehead atoms. The summed E-state index contributed by atoms with van der Waals surface area (Å²) in [5.74, 6) is 0.405. The molecule has 1 aliphatic heterocycles. The molecule has 0 aromatic heterocycles. The Labute approximate surface area is 166 Å². The van der Waals surface area contributed by atoms with Crippen LogP contribution in [0.2, 0.25) is 0 Å². The minimum absolute atomic E-state index is 0.00171. The number of nitrogens with one attached hydrogen (secondary N) is 1. The lowest BCUT2D eigenvalue weighted by Gasteiger charge is -2.33. The predicted molar refractivity (Wildman–Crippen MR) is 110 cm³/mol. The molecule has 0 unspecified atom stereocenters. The van der Waals surface area contributed by atoms with Crippen molar-refractivity contribution in [1.29, 1.82) is 0 Å². The molecule has 148 valence electrons. The molecule has 5 nitrogen and oxygen atoms in total. The molecular weight excluding hydrogens is 372 g/mol. The Kier molecular flexibility index (Phi) is 5.25. The SMILES string of the molecule is CS(=O)(=O)N[C@H]1CCCN(C(=O)[C@H]2C[C@@H]2c2ccccc2-c2ccccc2)C1. The summed E-state index contributed by atoms with van der Waals surface area (Å²) in [6.45, 7) is 1.18. The molecule has 4 rings (SSSR count). The second-order valence-electron chi connectivity index (χ2n) is 7.92. The molecule has 0 spiro atoms. The number of hydrogen-bond acceptors (Lipinski definition) is 3. The van der Waals surface area contributed by atoms with E-state index in [1.807, 2.05) is 35.2 Å². The van der Waals surface area contributed by atoms with Crippen molar-refractivity contribution >= 4 is 15.9 Å². The zero-order valence-corrected chi connectivity index (χ0v) is 16.9. The van der Waals surface area contributed by atoms with E-state index in [-0.39, 0.29) is 23.8 Å². The lowest BCUT2D eigenvalue weighted by Crippen LogP contribution is -2.49. The van der Waals surface area contributed by atoms with E-state index in [1.165, 1.54) is 22.9 Å². The summed E-state index contributed by atoms with van der Waals surface area (Å²) < 4.78 is 25.7. The number of benzene rings is 2. The van der Waals surface area contributed by atoms with Crippen LogP contribution in [0.25, 0.3) is 11.1 Å². The standard InChI is InChI=1S/C22H26N2O3S/c1-28(26,27)23-17-10-7-13-24(15-17)22(25)21-14-20(21)19-12-6-5-11-18(19)16-8-3-2-4-9-16/h2-6,8-9,11-12,17,20-21,23H,7,10,13-15H2,1H3/t17-,20+,21-/m0/s1. The minimum atomic E-state index is -3.26. The third kappa shape index (κ3) is 4.28. The lowest BCUT2D eigenvalue weighted by molar-refractivity contribution is -0.133. The maximum Gasteiger partial charge on any atom is 0.226 e.